The maximum Gasteiger partial charge on any atom is 0.0553 e. The Kier molecular flexibility index (Phi) is 4.72. The molecule has 0 bridgehead atoms. The maximum atomic E-state index is 3.54. The smallest absolute Gasteiger partial charge is 0.0553 e. The summed E-state index contributed by atoms with van der Waals surface area (Å²) in [5, 5.41) is 3.54. The summed E-state index contributed by atoms with van der Waals surface area (Å²) < 4.78 is 2.32. The van der Waals surface area contributed by atoms with Crippen LogP contribution in [0.15, 0.2) is 36.5 Å². The van der Waals surface area contributed by atoms with Crippen LogP contribution in [0.1, 0.15) is 24.6 Å². The summed E-state index contributed by atoms with van der Waals surface area (Å²) in [5.41, 5.74) is 5.06. The summed E-state index contributed by atoms with van der Waals surface area (Å²) in [7, 11) is 4.14. The predicted octanol–water partition coefficient (Wildman–Crippen LogP) is 3.88. The highest BCUT2D eigenvalue weighted by Crippen LogP contribution is 2.22. The van der Waals surface area contributed by atoms with Crippen LogP contribution in [0.5, 0.6) is 0 Å². The topological polar surface area (TPSA) is 20.2 Å². The van der Waals surface area contributed by atoms with Gasteiger partial charge in [0, 0.05) is 43.9 Å². The molecule has 108 valence electrons. The molecule has 2 aromatic rings. The van der Waals surface area contributed by atoms with Gasteiger partial charge < -0.3 is 14.8 Å². The monoisotopic (exact) mass is 271 g/mol. The van der Waals surface area contributed by atoms with E-state index < -0.39 is 0 Å². The Hall–Kier alpha value is -1.90. The van der Waals surface area contributed by atoms with Crippen molar-refractivity contribution in [1.29, 1.82) is 0 Å². The normalized spacial score (nSPS) is 10.6. The number of aromatic nitrogens is 1. The van der Waals surface area contributed by atoms with Gasteiger partial charge in [0.05, 0.1) is 6.54 Å². The highest BCUT2D eigenvalue weighted by atomic mass is 15.1. The lowest BCUT2D eigenvalue weighted by molar-refractivity contribution is 0.654. The van der Waals surface area contributed by atoms with Crippen LogP contribution in [-0.4, -0.2) is 18.7 Å². The van der Waals surface area contributed by atoms with Gasteiger partial charge >= 0.3 is 0 Å². The third kappa shape index (κ3) is 3.35. The standard InChI is InChI=1S/C17H25N3/c1-5-10-20-11-6-7-16(20)13-18-17-9-8-15(19(3)4)12-14(17)2/h6-9,11-12,18H,5,10,13H2,1-4H3. The van der Waals surface area contributed by atoms with E-state index in [-0.39, 0.29) is 0 Å². The molecule has 1 aromatic carbocycles. The Bertz CT molecular complexity index is 555. The molecule has 0 saturated carbocycles. The summed E-state index contributed by atoms with van der Waals surface area (Å²) in [5.74, 6) is 0. The largest absolute Gasteiger partial charge is 0.379 e. The van der Waals surface area contributed by atoms with Crippen LogP contribution in [0.2, 0.25) is 0 Å². The van der Waals surface area contributed by atoms with Gasteiger partial charge in [-0.1, -0.05) is 6.92 Å². The van der Waals surface area contributed by atoms with E-state index in [1.807, 2.05) is 0 Å². The van der Waals surface area contributed by atoms with Crippen molar-refractivity contribution in [1.82, 2.24) is 4.57 Å². The lowest BCUT2D eigenvalue weighted by atomic mass is 10.1. The van der Waals surface area contributed by atoms with Crippen molar-refractivity contribution < 1.29 is 0 Å². The lowest BCUT2D eigenvalue weighted by Crippen LogP contribution is -2.10. The van der Waals surface area contributed by atoms with Crippen LogP contribution in [0, 0.1) is 6.92 Å². The summed E-state index contributed by atoms with van der Waals surface area (Å²) >= 11 is 0. The molecule has 0 radical (unpaired) electrons. The average molecular weight is 271 g/mol. The number of anilines is 2. The van der Waals surface area contributed by atoms with Crippen LogP contribution in [0.3, 0.4) is 0 Å². The van der Waals surface area contributed by atoms with Crippen molar-refractivity contribution in [2.45, 2.75) is 33.4 Å². The van der Waals surface area contributed by atoms with Crippen molar-refractivity contribution in [2.75, 3.05) is 24.3 Å². The molecule has 0 spiro atoms. The van der Waals surface area contributed by atoms with E-state index >= 15 is 0 Å². The zero-order chi connectivity index (χ0) is 14.5. The van der Waals surface area contributed by atoms with Crippen molar-refractivity contribution in [3.05, 3.63) is 47.8 Å². The molecule has 0 aliphatic rings. The molecule has 1 heterocycles. The second kappa shape index (κ2) is 6.51. The van der Waals surface area contributed by atoms with Crippen LogP contribution in [0.25, 0.3) is 0 Å². The quantitative estimate of drug-likeness (QED) is 0.860. The molecule has 0 amide bonds. The fraction of sp³-hybridized carbons (Fsp3) is 0.412. The number of benzene rings is 1. The Morgan fingerprint density at radius 1 is 1.20 bits per heavy atom. The molecule has 1 N–H and O–H groups in total. The van der Waals surface area contributed by atoms with Gasteiger partial charge in [0.2, 0.25) is 0 Å². The minimum Gasteiger partial charge on any atom is -0.379 e. The third-order valence-electron chi connectivity index (χ3n) is 3.57. The summed E-state index contributed by atoms with van der Waals surface area (Å²) in [6, 6.07) is 10.8. The highest BCUT2D eigenvalue weighted by molar-refractivity contribution is 5.59. The molecule has 0 aliphatic carbocycles. The number of aryl methyl sites for hydroxylation is 2. The van der Waals surface area contributed by atoms with E-state index in [1.165, 1.54) is 22.6 Å². The van der Waals surface area contributed by atoms with E-state index in [9.17, 15) is 0 Å². The minimum absolute atomic E-state index is 0.870. The fourth-order valence-electron chi connectivity index (χ4n) is 2.38. The minimum atomic E-state index is 0.870. The molecule has 0 fully saturated rings. The van der Waals surface area contributed by atoms with Gasteiger partial charge in [-0.25, -0.2) is 0 Å². The summed E-state index contributed by atoms with van der Waals surface area (Å²) in [4.78, 5) is 2.13. The lowest BCUT2D eigenvalue weighted by Gasteiger charge is -2.16. The van der Waals surface area contributed by atoms with E-state index in [4.69, 9.17) is 0 Å². The van der Waals surface area contributed by atoms with E-state index in [2.05, 4.69) is 79.3 Å². The molecule has 20 heavy (non-hydrogen) atoms. The molecular weight excluding hydrogens is 246 g/mol. The number of nitrogens with zero attached hydrogens (tertiary/aromatic N) is 2. The van der Waals surface area contributed by atoms with Crippen LogP contribution in [0.4, 0.5) is 11.4 Å². The van der Waals surface area contributed by atoms with Gasteiger partial charge in [0.25, 0.3) is 0 Å². The number of nitrogens with one attached hydrogen (secondary N) is 1. The first kappa shape index (κ1) is 14.5. The van der Waals surface area contributed by atoms with Crippen LogP contribution >= 0.6 is 0 Å². The first-order valence-corrected chi connectivity index (χ1v) is 7.27. The zero-order valence-electron chi connectivity index (χ0n) is 13.0. The average Bonchev–Trinajstić information content (AvgIpc) is 2.85. The molecular formula is C17H25N3. The third-order valence-corrected chi connectivity index (χ3v) is 3.57. The van der Waals surface area contributed by atoms with Crippen molar-refractivity contribution in [3.8, 4) is 0 Å². The molecule has 0 unspecified atom stereocenters. The van der Waals surface area contributed by atoms with Crippen LogP contribution < -0.4 is 10.2 Å². The predicted molar refractivity (Wildman–Crippen MR) is 87.6 cm³/mol. The summed E-state index contributed by atoms with van der Waals surface area (Å²) in [6.07, 6.45) is 3.32. The van der Waals surface area contributed by atoms with Crippen molar-refractivity contribution in [3.63, 3.8) is 0 Å². The molecule has 2 rings (SSSR count). The SMILES string of the molecule is CCCn1cccc1CNc1ccc(N(C)C)cc1C. The van der Waals surface area contributed by atoms with Gasteiger partial charge in [-0.05, 0) is 49.2 Å². The van der Waals surface area contributed by atoms with Gasteiger partial charge in [0.15, 0.2) is 0 Å². The Labute approximate surface area is 122 Å². The summed E-state index contributed by atoms with van der Waals surface area (Å²) in [6.45, 7) is 6.32. The van der Waals surface area contributed by atoms with Gasteiger partial charge in [-0.3, -0.25) is 0 Å². The maximum absolute atomic E-state index is 3.54. The second-order valence-corrected chi connectivity index (χ2v) is 5.44. The van der Waals surface area contributed by atoms with E-state index in [0.717, 1.165) is 19.5 Å². The molecule has 3 nitrogen and oxygen atoms in total. The molecule has 0 saturated heterocycles. The van der Waals surface area contributed by atoms with Gasteiger partial charge in [-0.15, -0.1) is 0 Å². The van der Waals surface area contributed by atoms with Crippen molar-refractivity contribution >= 4 is 11.4 Å². The van der Waals surface area contributed by atoms with Gasteiger partial charge in [-0.2, -0.15) is 0 Å². The van der Waals surface area contributed by atoms with E-state index in [0.29, 0.717) is 0 Å². The first-order valence-electron chi connectivity index (χ1n) is 7.27. The van der Waals surface area contributed by atoms with Crippen LogP contribution in [-0.2, 0) is 13.1 Å². The fourth-order valence-corrected chi connectivity index (χ4v) is 2.38. The second-order valence-electron chi connectivity index (χ2n) is 5.44. The van der Waals surface area contributed by atoms with E-state index in [1.54, 1.807) is 0 Å². The first-order chi connectivity index (χ1) is 9.61. The molecule has 1 aromatic heterocycles. The molecule has 0 atom stereocenters. The Balaban J connectivity index is 2.05. The van der Waals surface area contributed by atoms with Gasteiger partial charge in [0.1, 0.15) is 0 Å². The number of hydrogen-bond acceptors (Lipinski definition) is 2. The number of hydrogen-bond donors (Lipinski definition) is 1. The molecule has 0 aliphatic heterocycles. The number of rotatable bonds is 6. The zero-order valence-corrected chi connectivity index (χ0v) is 13.0. The van der Waals surface area contributed by atoms with Crippen molar-refractivity contribution in [2.24, 2.45) is 0 Å². The Morgan fingerprint density at radius 2 is 2.00 bits per heavy atom. The molecule has 3 heteroatoms. The highest BCUT2D eigenvalue weighted by Gasteiger charge is 2.03. The Morgan fingerprint density at radius 3 is 2.65 bits per heavy atom.